The van der Waals surface area contributed by atoms with Crippen LogP contribution in [0.25, 0.3) is 5.65 Å². The number of alkyl halides is 3. The number of fused-ring (bicyclic) bond motifs is 1. The summed E-state index contributed by atoms with van der Waals surface area (Å²) in [4.78, 5) is 20.4. The molecule has 0 aliphatic carbocycles. The number of sulfone groups is 1. The molecule has 0 atom stereocenters. The monoisotopic (exact) mass is 551 g/mol. The van der Waals surface area contributed by atoms with Crippen LogP contribution in [-0.4, -0.2) is 63.7 Å². The van der Waals surface area contributed by atoms with Crippen LogP contribution in [0.2, 0.25) is 5.02 Å². The first kappa shape index (κ1) is 25.9. The van der Waals surface area contributed by atoms with Crippen LogP contribution < -0.4 is 14.8 Å². The van der Waals surface area contributed by atoms with Gasteiger partial charge in [-0.3, -0.25) is 4.79 Å². The van der Waals surface area contributed by atoms with Crippen LogP contribution in [0.1, 0.15) is 30.4 Å². The Bertz CT molecular complexity index is 1420. The number of carbonyl (C=O) groups is 1. The Morgan fingerprint density at radius 1 is 1.25 bits per heavy atom. The number of amides is 1. The van der Waals surface area contributed by atoms with E-state index < -0.39 is 57.3 Å². The van der Waals surface area contributed by atoms with Crippen LogP contribution >= 0.6 is 11.6 Å². The summed E-state index contributed by atoms with van der Waals surface area (Å²) in [5.41, 5.74) is -0.842. The molecule has 3 aromatic heterocycles. The van der Waals surface area contributed by atoms with Gasteiger partial charge in [0.05, 0.1) is 22.7 Å². The Morgan fingerprint density at radius 2 is 1.94 bits per heavy atom. The second-order valence-electron chi connectivity index (χ2n) is 8.35. The molecule has 0 radical (unpaired) electrons. The van der Waals surface area contributed by atoms with Gasteiger partial charge in [0.25, 0.3) is 11.8 Å². The molecule has 10 nitrogen and oxygen atoms in total. The standard InChI is InChI=1S/C20H18ClF4N5O5S/c1-19(2-4-36(32,33)5-3-19)28-17(31)16-27-15-7-12(22)14(9-30(15)29-16)35-18-13(6-11(21)8-26-18)34-10-20(23,24)25/h6-9H,2-5,10H2,1H3,(H,28,31). The molecule has 1 fully saturated rings. The molecule has 0 aromatic carbocycles. The summed E-state index contributed by atoms with van der Waals surface area (Å²) in [6.07, 6.45) is -2.12. The van der Waals surface area contributed by atoms with Gasteiger partial charge in [-0.15, -0.1) is 5.10 Å². The fourth-order valence-electron chi connectivity index (χ4n) is 3.35. The maximum absolute atomic E-state index is 14.7. The Balaban J connectivity index is 1.55. The maximum atomic E-state index is 14.7. The van der Waals surface area contributed by atoms with Crippen LogP contribution in [0.5, 0.6) is 17.4 Å². The minimum atomic E-state index is -4.65. The van der Waals surface area contributed by atoms with Crippen LogP contribution in [0.15, 0.2) is 24.5 Å². The molecule has 36 heavy (non-hydrogen) atoms. The summed E-state index contributed by atoms with van der Waals surface area (Å²) in [6.45, 7) is 0.0534. The van der Waals surface area contributed by atoms with E-state index in [2.05, 4.69) is 25.1 Å². The van der Waals surface area contributed by atoms with Gasteiger partial charge in [-0.1, -0.05) is 11.6 Å². The number of aromatic nitrogens is 4. The molecule has 16 heteroatoms. The quantitative estimate of drug-likeness (QED) is 0.463. The molecule has 1 aliphatic heterocycles. The van der Waals surface area contributed by atoms with Gasteiger partial charge in [-0.25, -0.2) is 27.3 Å². The molecule has 0 spiro atoms. The zero-order valence-corrected chi connectivity index (χ0v) is 20.0. The van der Waals surface area contributed by atoms with Gasteiger partial charge in [0.1, 0.15) is 9.84 Å². The third-order valence-electron chi connectivity index (χ3n) is 5.32. The van der Waals surface area contributed by atoms with Crippen molar-refractivity contribution in [2.45, 2.75) is 31.5 Å². The summed E-state index contributed by atoms with van der Waals surface area (Å²) in [5, 5.41) is 6.68. The first-order valence-corrected chi connectivity index (χ1v) is 12.5. The Hall–Kier alpha value is -3.20. The molecule has 4 heterocycles. The lowest BCUT2D eigenvalue weighted by Gasteiger charge is -2.33. The minimum absolute atomic E-state index is 0.0355. The molecule has 1 aliphatic rings. The number of nitrogens with one attached hydrogen (secondary N) is 1. The highest BCUT2D eigenvalue weighted by molar-refractivity contribution is 7.91. The average molecular weight is 552 g/mol. The number of halogens is 5. The van der Waals surface area contributed by atoms with E-state index in [9.17, 15) is 30.8 Å². The van der Waals surface area contributed by atoms with E-state index in [-0.39, 0.29) is 40.8 Å². The van der Waals surface area contributed by atoms with E-state index >= 15 is 0 Å². The smallest absolute Gasteiger partial charge is 0.422 e. The molecule has 0 unspecified atom stereocenters. The molecule has 4 rings (SSSR count). The largest absolute Gasteiger partial charge is 0.478 e. The minimum Gasteiger partial charge on any atom is -0.478 e. The summed E-state index contributed by atoms with van der Waals surface area (Å²) < 4.78 is 86.7. The zero-order chi connectivity index (χ0) is 26.3. The van der Waals surface area contributed by atoms with E-state index in [1.807, 2.05) is 0 Å². The lowest BCUT2D eigenvalue weighted by atomic mass is 9.95. The van der Waals surface area contributed by atoms with Gasteiger partial charge in [-0.2, -0.15) is 13.2 Å². The van der Waals surface area contributed by atoms with Gasteiger partial charge in [-0.05, 0) is 19.8 Å². The number of hydrogen-bond donors (Lipinski definition) is 1. The van der Waals surface area contributed by atoms with Gasteiger partial charge in [0, 0.05) is 23.9 Å². The molecule has 0 bridgehead atoms. The summed E-state index contributed by atoms with van der Waals surface area (Å²) in [7, 11) is -3.15. The lowest BCUT2D eigenvalue weighted by Crippen LogP contribution is -2.51. The van der Waals surface area contributed by atoms with E-state index in [0.717, 1.165) is 29.0 Å². The van der Waals surface area contributed by atoms with Crippen LogP contribution in [0.3, 0.4) is 0 Å². The van der Waals surface area contributed by atoms with Gasteiger partial charge in [0.2, 0.25) is 5.82 Å². The predicted molar refractivity (Wildman–Crippen MR) is 118 cm³/mol. The number of pyridine rings is 2. The molecule has 1 N–H and O–H groups in total. The van der Waals surface area contributed by atoms with E-state index in [4.69, 9.17) is 16.3 Å². The Kier molecular flexibility index (Phi) is 6.72. The van der Waals surface area contributed by atoms with E-state index in [0.29, 0.717) is 0 Å². The molecule has 194 valence electrons. The van der Waals surface area contributed by atoms with Crippen molar-refractivity contribution in [2.24, 2.45) is 0 Å². The molecule has 3 aromatic rings. The first-order chi connectivity index (χ1) is 16.7. The first-order valence-electron chi connectivity index (χ1n) is 10.3. The third-order valence-corrected chi connectivity index (χ3v) is 7.18. The molecule has 1 amide bonds. The highest BCUT2D eigenvalue weighted by atomic mass is 35.5. The van der Waals surface area contributed by atoms with Crippen LogP contribution in [0.4, 0.5) is 17.6 Å². The van der Waals surface area contributed by atoms with Gasteiger partial charge < -0.3 is 14.8 Å². The zero-order valence-electron chi connectivity index (χ0n) is 18.5. The maximum Gasteiger partial charge on any atom is 0.422 e. The number of rotatable bonds is 6. The summed E-state index contributed by atoms with van der Waals surface area (Å²) in [5.74, 6) is -3.55. The van der Waals surface area contributed by atoms with Gasteiger partial charge in [0.15, 0.2) is 29.6 Å². The van der Waals surface area contributed by atoms with Crippen LogP contribution in [-0.2, 0) is 9.84 Å². The third kappa shape index (κ3) is 6.13. The highest BCUT2D eigenvalue weighted by Crippen LogP contribution is 2.34. The molecular formula is C20H18ClF4N5O5S. The van der Waals surface area contributed by atoms with Crippen molar-refractivity contribution < 1.29 is 40.2 Å². The number of nitrogens with zero attached hydrogens (tertiary/aromatic N) is 4. The normalized spacial score (nSPS) is 17.1. The molecule has 0 saturated carbocycles. The van der Waals surface area contributed by atoms with Gasteiger partial charge >= 0.3 is 6.18 Å². The molecular weight excluding hydrogens is 534 g/mol. The Labute approximate surface area is 206 Å². The van der Waals surface area contributed by atoms with E-state index in [1.165, 1.54) is 0 Å². The van der Waals surface area contributed by atoms with Crippen LogP contribution in [0, 0.1) is 5.82 Å². The average Bonchev–Trinajstić information content (AvgIpc) is 3.19. The lowest BCUT2D eigenvalue weighted by molar-refractivity contribution is -0.153. The van der Waals surface area contributed by atoms with Crippen molar-refractivity contribution >= 4 is 33.0 Å². The second kappa shape index (κ2) is 9.35. The fraction of sp³-hybridized carbons (Fsp3) is 0.400. The van der Waals surface area contributed by atoms with Crippen molar-refractivity contribution in [1.29, 1.82) is 0 Å². The predicted octanol–water partition coefficient (Wildman–Crippen LogP) is 3.35. The van der Waals surface area contributed by atoms with E-state index in [1.54, 1.807) is 6.92 Å². The number of hydrogen-bond acceptors (Lipinski definition) is 8. The second-order valence-corrected chi connectivity index (χ2v) is 11.1. The van der Waals surface area contributed by atoms with Crippen molar-refractivity contribution in [3.8, 4) is 17.4 Å². The van der Waals surface area contributed by atoms with Crippen molar-refractivity contribution in [2.75, 3.05) is 18.1 Å². The summed E-state index contributed by atoms with van der Waals surface area (Å²) in [6, 6.07) is 1.93. The Morgan fingerprint density at radius 3 is 2.61 bits per heavy atom. The SMILES string of the molecule is CC1(NC(=O)c2nc3cc(F)c(Oc4ncc(Cl)cc4OCC(F)(F)F)cn3n2)CCS(=O)(=O)CC1. The van der Waals surface area contributed by atoms with Crippen molar-refractivity contribution in [1.82, 2.24) is 24.9 Å². The topological polar surface area (TPSA) is 125 Å². The summed E-state index contributed by atoms with van der Waals surface area (Å²) >= 11 is 5.76. The highest BCUT2D eigenvalue weighted by Gasteiger charge is 2.35. The number of ether oxygens (including phenoxy) is 2. The van der Waals surface area contributed by atoms with Crippen molar-refractivity contribution in [3.63, 3.8) is 0 Å². The molecule has 1 saturated heterocycles. The number of carbonyl (C=O) groups excluding carboxylic acids is 1. The van der Waals surface area contributed by atoms with Crippen molar-refractivity contribution in [3.05, 3.63) is 41.2 Å². The fourth-order valence-corrected chi connectivity index (χ4v) is 5.23.